The van der Waals surface area contributed by atoms with Gasteiger partial charge in [-0.1, -0.05) is 0 Å². The van der Waals surface area contributed by atoms with Gasteiger partial charge < -0.3 is 4.55 Å². The summed E-state index contributed by atoms with van der Waals surface area (Å²) in [5.74, 6) is -6.68. The van der Waals surface area contributed by atoms with Gasteiger partial charge in [0.05, 0.1) is 0 Å². The molecule has 0 aromatic rings. The van der Waals surface area contributed by atoms with Crippen LogP contribution in [-0.4, -0.2) is 42.7 Å². The topological polar surface area (TPSA) is 57.2 Å². The van der Waals surface area contributed by atoms with Gasteiger partial charge in [-0.3, -0.25) is 0 Å². The summed E-state index contributed by atoms with van der Waals surface area (Å²) in [6.45, 7) is 0. The standard InChI is InChI=1S/C5H3F9O3S/c6-1(4(9,10)11)2(18(15,16)17)3(7,8)5(12,13)14/h1-2H,(H,15,16,17)/p-1. The van der Waals surface area contributed by atoms with Crippen molar-refractivity contribution in [3.8, 4) is 0 Å². The van der Waals surface area contributed by atoms with E-state index in [1.807, 2.05) is 0 Å². The van der Waals surface area contributed by atoms with Gasteiger partial charge in [0.2, 0.25) is 6.17 Å². The summed E-state index contributed by atoms with van der Waals surface area (Å²) in [6.07, 6.45) is -18.4. The molecule has 0 saturated heterocycles. The van der Waals surface area contributed by atoms with Crippen molar-refractivity contribution >= 4 is 10.1 Å². The lowest BCUT2D eigenvalue weighted by atomic mass is 10.1. The minimum absolute atomic E-state index is 5.13. The molecule has 2 atom stereocenters. The van der Waals surface area contributed by atoms with Crippen molar-refractivity contribution in [1.29, 1.82) is 0 Å². The van der Waals surface area contributed by atoms with Crippen molar-refractivity contribution in [2.45, 2.75) is 29.7 Å². The number of rotatable bonds is 3. The quantitative estimate of drug-likeness (QED) is 0.591. The molecule has 0 fully saturated rings. The molecule has 0 aliphatic heterocycles. The summed E-state index contributed by atoms with van der Waals surface area (Å²) < 4.78 is 137. The number of hydrogen-bond donors (Lipinski definition) is 0. The maximum absolute atomic E-state index is 12.4. The number of alkyl halides is 9. The predicted octanol–water partition coefficient (Wildman–Crippen LogP) is 2.00. The Morgan fingerprint density at radius 3 is 1.39 bits per heavy atom. The maximum Gasteiger partial charge on any atom is 0.454 e. The third-order valence-corrected chi connectivity index (χ3v) is 2.78. The molecule has 110 valence electrons. The first-order chi connectivity index (χ1) is 7.53. The van der Waals surface area contributed by atoms with E-state index in [0.717, 1.165) is 0 Å². The predicted molar refractivity (Wildman–Crippen MR) is 35.4 cm³/mol. The average molecular weight is 313 g/mol. The van der Waals surface area contributed by atoms with E-state index >= 15 is 0 Å². The zero-order chi connectivity index (χ0) is 15.2. The first-order valence-corrected chi connectivity index (χ1v) is 5.10. The van der Waals surface area contributed by atoms with Crippen LogP contribution in [-0.2, 0) is 10.1 Å². The molecular weight excluding hydrogens is 311 g/mol. The van der Waals surface area contributed by atoms with E-state index in [0.29, 0.717) is 0 Å². The lowest BCUT2D eigenvalue weighted by Gasteiger charge is -2.32. The molecule has 0 aliphatic carbocycles. The van der Waals surface area contributed by atoms with Gasteiger partial charge in [-0.2, -0.15) is 35.1 Å². The van der Waals surface area contributed by atoms with E-state index in [9.17, 15) is 52.5 Å². The van der Waals surface area contributed by atoms with Gasteiger partial charge in [-0.25, -0.2) is 12.8 Å². The molecule has 0 spiro atoms. The molecule has 0 amide bonds. The zero-order valence-electron chi connectivity index (χ0n) is 7.69. The van der Waals surface area contributed by atoms with Gasteiger partial charge in [0.15, 0.2) is 5.25 Å². The highest BCUT2D eigenvalue weighted by Crippen LogP contribution is 2.45. The smallest absolute Gasteiger partial charge is 0.454 e. The van der Waals surface area contributed by atoms with Crippen molar-refractivity contribution < 1.29 is 52.5 Å². The van der Waals surface area contributed by atoms with Gasteiger partial charge in [0, 0.05) is 0 Å². The van der Waals surface area contributed by atoms with E-state index in [1.165, 1.54) is 0 Å². The molecule has 13 heteroatoms. The lowest BCUT2D eigenvalue weighted by Crippen LogP contribution is -2.58. The van der Waals surface area contributed by atoms with E-state index in [4.69, 9.17) is 0 Å². The highest BCUT2D eigenvalue weighted by Gasteiger charge is 2.70. The summed E-state index contributed by atoms with van der Waals surface area (Å²) >= 11 is 0. The van der Waals surface area contributed by atoms with Crippen molar-refractivity contribution in [2.24, 2.45) is 0 Å². The van der Waals surface area contributed by atoms with Crippen LogP contribution in [0.1, 0.15) is 0 Å². The molecule has 0 bridgehead atoms. The molecule has 0 aromatic carbocycles. The first-order valence-electron chi connectivity index (χ1n) is 3.63. The lowest BCUT2D eigenvalue weighted by molar-refractivity contribution is -0.297. The van der Waals surface area contributed by atoms with Crippen LogP contribution in [0.3, 0.4) is 0 Å². The third kappa shape index (κ3) is 3.40. The van der Waals surface area contributed by atoms with Crippen LogP contribution in [0.2, 0.25) is 0 Å². The summed E-state index contributed by atoms with van der Waals surface area (Å²) in [7, 11) is -6.90. The Hall–Kier alpha value is -0.720. The van der Waals surface area contributed by atoms with E-state index in [1.54, 1.807) is 0 Å². The van der Waals surface area contributed by atoms with Crippen LogP contribution < -0.4 is 0 Å². The van der Waals surface area contributed by atoms with Crippen molar-refractivity contribution in [3.63, 3.8) is 0 Å². The van der Waals surface area contributed by atoms with Crippen LogP contribution in [0.4, 0.5) is 39.5 Å². The average Bonchev–Trinajstić information content (AvgIpc) is 1.95. The fourth-order valence-electron chi connectivity index (χ4n) is 0.844. The van der Waals surface area contributed by atoms with Gasteiger partial charge in [0.25, 0.3) is 0 Å². The van der Waals surface area contributed by atoms with E-state index in [-0.39, 0.29) is 0 Å². The fraction of sp³-hybridized carbons (Fsp3) is 1.00. The van der Waals surface area contributed by atoms with E-state index < -0.39 is 39.8 Å². The van der Waals surface area contributed by atoms with Gasteiger partial charge in [-0.05, 0) is 0 Å². The highest BCUT2D eigenvalue weighted by atomic mass is 32.2. The Bertz CT molecular complexity index is 393. The first kappa shape index (κ1) is 17.3. The number of hydrogen-bond acceptors (Lipinski definition) is 3. The Morgan fingerprint density at radius 2 is 1.22 bits per heavy atom. The van der Waals surface area contributed by atoms with Gasteiger partial charge in [0.1, 0.15) is 10.1 Å². The fourth-order valence-corrected chi connectivity index (χ4v) is 1.79. The molecule has 18 heavy (non-hydrogen) atoms. The Morgan fingerprint density at radius 1 is 0.889 bits per heavy atom. The van der Waals surface area contributed by atoms with Crippen molar-refractivity contribution in [1.82, 2.24) is 0 Å². The SMILES string of the molecule is O=S(=O)([O-])C(C(F)C(F)(F)F)C(F)(F)C(F)(F)F. The summed E-state index contributed by atoms with van der Waals surface area (Å²) in [6, 6.07) is 0. The normalized spacial score (nSPS) is 18.6. The second kappa shape index (κ2) is 4.43. The largest absolute Gasteiger partial charge is 0.747 e. The van der Waals surface area contributed by atoms with Crippen molar-refractivity contribution in [3.05, 3.63) is 0 Å². The Balaban J connectivity index is 5.86. The van der Waals surface area contributed by atoms with E-state index in [2.05, 4.69) is 0 Å². The highest BCUT2D eigenvalue weighted by molar-refractivity contribution is 7.86. The van der Waals surface area contributed by atoms with Crippen molar-refractivity contribution in [2.75, 3.05) is 0 Å². The maximum atomic E-state index is 12.4. The molecule has 0 aliphatic rings. The Labute approximate surface area is 93.3 Å². The molecule has 0 rings (SSSR count). The molecule has 3 nitrogen and oxygen atoms in total. The molecule has 0 radical (unpaired) electrons. The summed E-state index contributed by atoms with van der Waals surface area (Å²) in [5.41, 5.74) is 0. The molecule has 0 aromatic heterocycles. The minimum Gasteiger partial charge on any atom is -0.747 e. The third-order valence-electron chi connectivity index (χ3n) is 1.62. The zero-order valence-corrected chi connectivity index (χ0v) is 8.51. The Kier molecular flexibility index (Phi) is 4.26. The second-order valence-corrected chi connectivity index (χ2v) is 4.47. The van der Waals surface area contributed by atoms with Crippen LogP contribution in [0.15, 0.2) is 0 Å². The number of halogens is 9. The van der Waals surface area contributed by atoms with Crippen LogP contribution in [0.5, 0.6) is 0 Å². The molecule has 0 N–H and O–H groups in total. The van der Waals surface area contributed by atoms with Crippen LogP contribution in [0, 0.1) is 0 Å². The molecule has 0 saturated carbocycles. The monoisotopic (exact) mass is 313 g/mol. The van der Waals surface area contributed by atoms with Crippen LogP contribution >= 0.6 is 0 Å². The minimum atomic E-state index is -6.90. The molecular formula is C5H2F9O3S-. The second-order valence-electron chi connectivity index (χ2n) is 2.98. The van der Waals surface area contributed by atoms with Gasteiger partial charge in [-0.15, -0.1) is 0 Å². The molecule has 0 heterocycles. The summed E-state index contributed by atoms with van der Waals surface area (Å²) in [4.78, 5) is 0. The summed E-state index contributed by atoms with van der Waals surface area (Å²) in [5, 5.41) is -5.13. The molecule has 2 unspecified atom stereocenters. The van der Waals surface area contributed by atoms with Gasteiger partial charge >= 0.3 is 18.3 Å². The van der Waals surface area contributed by atoms with Crippen LogP contribution in [0.25, 0.3) is 0 Å².